The lowest BCUT2D eigenvalue weighted by Crippen LogP contribution is -2.56. The Hall–Kier alpha value is 1.48. The van der Waals surface area contributed by atoms with Gasteiger partial charge in [-0.15, -0.1) is 0 Å². The van der Waals surface area contributed by atoms with Gasteiger partial charge in [0.25, 0.3) is 0 Å². The Bertz CT molecular complexity index is 196. The molecule has 0 nitrogen and oxygen atoms in total. The topological polar surface area (TPSA) is 0 Å². The van der Waals surface area contributed by atoms with E-state index in [0.29, 0.717) is 0 Å². The Morgan fingerprint density at radius 1 is 0.786 bits per heavy atom. The highest BCUT2D eigenvalue weighted by atomic mass is 79.9. The van der Waals surface area contributed by atoms with Gasteiger partial charge < -0.3 is 0 Å². The van der Waals surface area contributed by atoms with Crippen molar-refractivity contribution in [3.8, 4) is 0 Å². The van der Waals surface area contributed by atoms with Gasteiger partial charge in [0, 0.05) is 0 Å². The van der Waals surface area contributed by atoms with E-state index in [1.54, 1.807) is 0 Å². The van der Waals surface area contributed by atoms with Crippen LogP contribution in [0.5, 0.6) is 0 Å². The summed E-state index contributed by atoms with van der Waals surface area (Å²) in [6.07, 6.45) is -5.90. The lowest BCUT2D eigenvalue weighted by atomic mass is 10.2. The van der Waals surface area contributed by atoms with E-state index in [1.807, 2.05) is 0 Å². The third-order valence-electron chi connectivity index (χ3n) is 1.11. The second kappa shape index (κ2) is 4.05. The van der Waals surface area contributed by atoms with Gasteiger partial charge in [0.05, 0.1) is 0 Å². The van der Waals surface area contributed by atoms with Crippen molar-refractivity contribution < 1.29 is 22.0 Å². The minimum absolute atomic E-state index is 2.27. The fourth-order valence-electron chi connectivity index (χ4n) is 0.356. The van der Waals surface area contributed by atoms with Crippen molar-refractivity contribution in [3.63, 3.8) is 0 Å². The normalized spacial score (nSPS) is 15.9. The first-order valence-electron chi connectivity index (χ1n) is 2.64. The van der Waals surface area contributed by atoms with Crippen molar-refractivity contribution in [2.45, 2.75) is 19.1 Å². The Morgan fingerprint density at radius 2 is 1.07 bits per heavy atom. The predicted octanol–water partition coefficient (Wildman–Crippen LogP) is 5.04. The van der Waals surface area contributed by atoms with Gasteiger partial charge in [-0.05, 0) is 0 Å². The van der Waals surface area contributed by atoms with Crippen LogP contribution in [0.3, 0.4) is 0 Å². The second-order valence-corrected chi connectivity index (χ2v) is 8.39. The highest BCUT2D eigenvalue weighted by molar-refractivity contribution is 9.26. The molecule has 0 N–H and O–H groups in total. The molecule has 0 aliphatic heterocycles. The molecule has 0 bridgehead atoms. The molecule has 0 aromatic rings. The molecule has 0 saturated carbocycles. The fraction of sp³-hybridized carbons (Fsp3) is 1.00. The minimum Gasteiger partial charge on any atom is -0.193 e. The molecule has 0 aliphatic carbocycles. The van der Waals surface area contributed by atoms with Crippen LogP contribution in [0.25, 0.3) is 0 Å². The molecular formula is C4Br2Cl3F5. The molecule has 0 amide bonds. The van der Waals surface area contributed by atoms with Crippen molar-refractivity contribution in [2.24, 2.45) is 0 Å². The Kier molecular flexibility index (Phi) is 4.48. The van der Waals surface area contributed by atoms with Gasteiger partial charge in [0.1, 0.15) is 0 Å². The number of hydrogen-bond donors (Lipinski definition) is 0. The molecule has 0 saturated heterocycles. The van der Waals surface area contributed by atoms with Crippen molar-refractivity contribution >= 4 is 66.7 Å². The van der Waals surface area contributed by atoms with Crippen LogP contribution in [0, 0.1) is 0 Å². The van der Waals surface area contributed by atoms with Gasteiger partial charge in [-0.2, -0.15) is 22.0 Å². The smallest absolute Gasteiger partial charge is 0.193 e. The van der Waals surface area contributed by atoms with Crippen molar-refractivity contribution in [1.29, 1.82) is 0 Å². The Morgan fingerprint density at radius 3 is 1.14 bits per heavy atom. The standard InChI is InChI=1S/C4Br2Cl3F5/c5-3(6,9)1(7,8)2(10,11)4(12,13)14. The molecule has 0 heterocycles. The van der Waals surface area contributed by atoms with Crippen LogP contribution >= 0.6 is 66.7 Å². The molecule has 0 aromatic heterocycles. The first-order chi connectivity index (χ1) is 5.75. The second-order valence-electron chi connectivity index (χ2n) is 2.14. The average molecular weight is 409 g/mol. The van der Waals surface area contributed by atoms with Gasteiger partial charge in [0.15, 0.2) is 2.69 Å². The van der Waals surface area contributed by atoms with E-state index in [0.717, 1.165) is 0 Å². The average Bonchev–Trinajstić information content (AvgIpc) is 1.81. The van der Waals surface area contributed by atoms with E-state index in [2.05, 4.69) is 31.9 Å². The van der Waals surface area contributed by atoms with Gasteiger partial charge >= 0.3 is 12.1 Å². The first-order valence-corrected chi connectivity index (χ1v) is 5.36. The SMILES string of the molecule is FC(F)(F)C(F)(F)C(Cl)(Cl)C(Cl)(Br)Br. The van der Waals surface area contributed by atoms with E-state index < -0.39 is 19.1 Å². The van der Waals surface area contributed by atoms with Gasteiger partial charge in [-0.1, -0.05) is 66.7 Å². The number of alkyl halides is 10. The zero-order chi connectivity index (χ0) is 12.0. The van der Waals surface area contributed by atoms with E-state index in [1.165, 1.54) is 0 Å². The zero-order valence-corrected chi connectivity index (χ0v) is 11.2. The maximum absolute atomic E-state index is 12.7. The van der Waals surface area contributed by atoms with Gasteiger partial charge in [-0.3, -0.25) is 0 Å². The van der Waals surface area contributed by atoms with Gasteiger partial charge in [0.2, 0.25) is 4.33 Å². The van der Waals surface area contributed by atoms with Crippen LogP contribution in [0.1, 0.15) is 0 Å². The molecule has 86 valence electrons. The molecule has 0 rings (SSSR count). The molecule has 10 heteroatoms. The van der Waals surface area contributed by atoms with Crippen molar-refractivity contribution in [1.82, 2.24) is 0 Å². The summed E-state index contributed by atoms with van der Waals surface area (Å²) in [5, 5.41) is 0. The van der Waals surface area contributed by atoms with E-state index in [4.69, 9.17) is 34.8 Å². The quantitative estimate of drug-likeness (QED) is 0.443. The Labute approximate surface area is 107 Å². The summed E-state index contributed by atoms with van der Waals surface area (Å²) in [5.74, 6) is -5.38. The van der Waals surface area contributed by atoms with Crippen LogP contribution in [0.15, 0.2) is 0 Å². The summed E-state index contributed by atoms with van der Waals surface area (Å²) in [4.78, 5) is 0. The van der Waals surface area contributed by atoms with Crippen LogP contribution in [-0.4, -0.2) is 19.1 Å². The molecular weight excluding hydrogens is 409 g/mol. The highest BCUT2D eigenvalue weighted by Crippen LogP contribution is 2.60. The number of halogens is 10. The molecule has 0 aliphatic rings. The monoisotopic (exact) mass is 406 g/mol. The van der Waals surface area contributed by atoms with E-state index in [-0.39, 0.29) is 0 Å². The number of rotatable bonds is 2. The van der Waals surface area contributed by atoms with Crippen molar-refractivity contribution in [3.05, 3.63) is 0 Å². The largest absolute Gasteiger partial charge is 0.456 e. The maximum Gasteiger partial charge on any atom is 0.456 e. The molecule has 0 unspecified atom stereocenters. The summed E-state index contributed by atoms with van der Waals surface area (Å²) in [6.45, 7) is 0. The van der Waals surface area contributed by atoms with Gasteiger partial charge in [-0.25, -0.2) is 0 Å². The molecule has 0 radical (unpaired) electrons. The van der Waals surface area contributed by atoms with E-state index >= 15 is 0 Å². The zero-order valence-electron chi connectivity index (χ0n) is 5.78. The molecule has 14 heavy (non-hydrogen) atoms. The third kappa shape index (κ3) is 2.59. The summed E-state index contributed by atoms with van der Waals surface area (Å²) < 4.78 is 54.8. The lowest BCUT2D eigenvalue weighted by molar-refractivity contribution is -0.286. The predicted molar refractivity (Wildman–Crippen MR) is 51.9 cm³/mol. The fourth-order valence-corrected chi connectivity index (χ4v) is 1.19. The van der Waals surface area contributed by atoms with E-state index in [9.17, 15) is 22.0 Å². The van der Waals surface area contributed by atoms with Crippen LogP contribution in [-0.2, 0) is 0 Å². The Balaban J connectivity index is 5.30. The molecule has 0 spiro atoms. The summed E-state index contributed by atoms with van der Waals surface area (Å²) in [5.41, 5.74) is 0. The lowest BCUT2D eigenvalue weighted by Gasteiger charge is -2.35. The van der Waals surface area contributed by atoms with Crippen LogP contribution in [0.2, 0.25) is 0 Å². The highest BCUT2D eigenvalue weighted by Gasteiger charge is 2.75. The minimum atomic E-state index is -5.90. The maximum atomic E-state index is 12.7. The number of hydrogen-bond acceptors (Lipinski definition) is 0. The summed E-state index contributed by atoms with van der Waals surface area (Å²) in [7, 11) is 0. The third-order valence-corrected chi connectivity index (χ3v) is 4.73. The molecule has 0 aromatic carbocycles. The van der Waals surface area contributed by atoms with Crippen LogP contribution < -0.4 is 0 Å². The summed E-state index contributed by atoms with van der Waals surface area (Å²) >= 11 is 19.4. The summed E-state index contributed by atoms with van der Waals surface area (Å²) in [6, 6.07) is 0. The molecule has 0 fully saturated rings. The first kappa shape index (κ1) is 15.5. The molecule has 0 atom stereocenters. The van der Waals surface area contributed by atoms with Crippen LogP contribution in [0.4, 0.5) is 22.0 Å². The van der Waals surface area contributed by atoms with Crippen molar-refractivity contribution in [2.75, 3.05) is 0 Å².